The van der Waals surface area contributed by atoms with Gasteiger partial charge in [-0.3, -0.25) is 9.59 Å². The molecule has 0 spiro atoms. The number of para-hydroxylation sites is 1. The molecule has 0 radical (unpaired) electrons. The number of nitrogens with zero attached hydrogens (tertiary/aromatic N) is 2. The molecule has 7 heteroatoms. The molecule has 0 saturated carbocycles. The van der Waals surface area contributed by atoms with Crippen molar-refractivity contribution in [3.63, 3.8) is 0 Å². The minimum absolute atomic E-state index is 0. The molecule has 1 heterocycles. The maximum Gasteiger partial charge on any atom is 0.248 e. The summed E-state index contributed by atoms with van der Waals surface area (Å²) in [6.07, 6.45) is 0. The van der Waals surface area contributed by atoms with Crippen LogP contribution in [0, 0.1) is 0 Å². The molecule has 2 rings (SSSR count). The summed E-state index contributed by atoms with van der Waals surface area (Å²) in [4.78, 5) is 27.3. The van der Waals surface area contributed by atoms with Gasteiger partial charge in [0.05, 0.1) is 6.54 Å². The molecule has 0 atom stereocenters. The molecule has 122 valence electrons. The van der Waals surface area contributed by atoms with Crippen molar-refractivity contribution in [2.75, 3.05) is 51.8 Å². The largest absolute Gasteiger partial charge is 0.376 e. The Morgan fingerprint density at radius 1 is 1.05 bits per heavy atom. The summed E-state index contributed by atoms with van der Waals surface area (Å²) in [5, 5.41) is 3.10. The Balaban J connectivity index is 0.00000242. The number of piperazine rings is 1. The van der Waals surface area contributed by atoms with Gasteiger partial charge in [-0.1, -0.05) is 18.2 Å². The molecule has 2 amide bonds. The summed E-state index contributed by atoms with van der Waals surface area (Å²) in [5.74, 6) is 0.0321. The summed E-state index contributed by atoms with van der Waals surface area (Å²) in [6, 6.07) is 9.63. The van der Waals surface area contributed by atoms with Gasteiger partial charge in [-0.05, 0) is 12.1 Å². The van der Waals surface area contributed by atoms with Crippen molar-refractivity contribution >= 4 is 29.9 Å². The molecule has 1 aromatic rings. The van der Waals surface area contributed by atoms with Gasteiger partial charge >= 0.3 is 0 Å². The summed E-state index contributed by atoms with van der Waals surface area (Å²) in [6.45, 7) is 2.66. The number of nitrogens with one attached hydrogen (secondary N) is 1. The van der Waals surface area contributed by atoms with E-state index in [9.17, 15) is 9.59 Å². The molecule has 1 aliphatic heterocycles. The van der Waals surface area contributed by atoms with Crippen LogP contribution in [0.5, 0.6) is 0 Å². The fourth-order valence-corrected chi connectivity index (χ4v) is 2.27. The topological polar surface area (TPSA) is 61.9 Å². The Kier molecular flexibility index (Phi) is 7.70. The number of anilines is 1. The van der Waals surface area contributed by atoms with Crippen LogP contribution in [0.3, 0.4) is 0 Å². The zero-order valence-corrected chi connectivity index (χ0v) is 13.5. The molecule has 1 saturated heterocycles. The molecule has 0 aromatic heterocycles. The first-order valence-corrected chi connectivity index (χ1v) is 7.04. The third-order valence-electron chi connectivity index (χ3n) is 3.47. The number of amides is 2. The normalized spacial score (nSPS) is 14.2. The number of hydrogen-bond donors (Lipinski definition) is 1. The van der Waals surface area contributed by atoms with Crippen LogP contribution in [0.15, 0.2) is 30.3 Å². The fourth-order valence-electron chi connectivity index (χ4n) is 2.27. The van der Waals surface area contributed by atoms with Crippen molar-refractivity contribution in [3.8, 4) is 0 Å². The van der Waals surface area contributed by atoms with Gasteiger partial charge in [0.1, 0.15) is 6.61 Å². The second-order valence-corrected chi connectivity index (χ2v) is 4.91. The van der Waals surface area contributed by atoms with Crippen molar-refractivity contribution in [3.05, 3.63) is 30.3 Å². The van der Waals surface area contributed by atoms with Gasteiger partial charge in [0.15, 0.2) is 0 Å². The van der Waals surface area contributed by atoms with E-state index in [0.29, 0.717) is 26.2 Å². The van der Waals surface area contributed by atoms with E-state index in [1.54, 1.807) is 9.80 Å². The molecule has 0 aliphatic carbocycles. The lowest BCUT2D eigenvalue weighted by molar-refractivity contribution is -0.141. The molecule has 1 fully saturated rings. The third-order valence-corrected chi connectivity index (χ3v) is 3.47. The van der Waals surface area contributed by atoms with Crippen LogP contribution < -0.4 is 5.32 Å². The number of methoxy groups -OCH3 is 1. The van der Waals surface area contributed by atoms with Crippen LogP contribution in [-0.2, 0) is 14.3 Å². The predicted octanol–water partition coefficient (Wildman–Crippen LogP) is 0.838. The second kappa shape index (κ2) is 9.27. The number of benzene rings is 1. The summed E-state index contributed by atoms with van der Waals surface area (Å²) < 4.78 is 4.84. The SMILES string of the molecule is COCC(=O)N1CCN(C(=O)CNc2ccccc2)CC1.Cl. The molecule has 22 heavy (non-hydrogen) atoms. The van der Waals surface area contributed by atoms with Crippen molar-refractivity contribution in [2.24, 2.45) is 0 Å². The smallest absolute Gasteiger partial charge is 0.248 e. The number of hydrogen-bond acceptors (Lipinski definition) is 4. The standard InChI is InChI=1S/C15H21N3O3.ClH/c1-21-12-15(20)18-9-7-17(8-10-18)14(19)11-16-13-5-3-2-4-6-13;/h2-6,16H,7-12H2,1H3;1H. The van der Waals surface area contributed by atoms with E-state index in [1.807, 2.05) is 30.3 Å². The Morgan fingerprint density at radius 3 is 2.14 bits per heavy atom. The Bertz CT molecular complexity index is 476. The number of carbonyl (C=O) groups is 2. The number of halogens is 1. The molecule has 1 N–H and O–H groups in total. The maximum absolute atomic E-state index is 12.1. The zero-order chi connectivity index (χ0) is 15.1. The number of ether oxygens (including phenoxy) is 1. The first kappa shape index (κ1) is 18.3. The first-order valence-electron chi connectivity index (χ1n) is 7.04. The van der Waals surface area contributed by atoms with Gasteiger partial charge < -0.3 is 19.9 Å². The summed E-state index contributed by atoms with van der Waals surface area (Å²) >= 11 is 0. The van der Waals surface area contributed by atoms with E-state index in [4.69, 9.17) is 4.74 Å². The average Bonchev–Trinajstić information content (AvgIpc) is 2.54. The van der Waals surface area contributed by atoms with E-state index in [-0.39, 0.29) is 37.4 Å². The lowest BCUT2D eigenvalue weighted by Gasteiger charge is -2.34. The Morgan fingerprint density at radius 2 is 1.59 bits per heavy atom. The van der Waals surface area contributed by atoms with E-state index >= 15 is 0 Å². The van der Waals surface area contributed by atoms with Gasteiger partial charge in [0.25, 0.3) is 0 Å². The van der Waals surface area contributed by atoms with Crippen LogP contribution in [0.4, 0.5) is 5.69 Å². The molecule has 1 aliphatic rings. The van der Waals surface area contributed by atoms with E-state index in [1.165, 1.54) is 7.11 Å². The van der Waals surface area contributed by atoms with E-state index in [0.717, 1.165) is 5.69 Å². The van der Waals surface area contributed by atoms with Crippen LogP contribution in [0.2, 0.25) is 0 Å². The monoisotopic (exact) mass is 327 g/mol. The van der Waals surface area contributed by atoms with Crippen molar-refractivity contribution in [1.29, 1.82) is 0 Å². The molecular formula is C15H22ClN3O3. The van der Waals surface area contributed by atoms with Crippen molar-refractivity contribution in [2.45, 2.75) is 0 Å². The van der Waals surface area contributed by atoms with Crippen molar-refractivity contribution < 1.29 is 14.3 Å². The fraction of sp³-hybridized carbons (Fsp3) is 0.467. The van der Waals surface area contributed by atoms with E-state index in [2.05, 4.69) is 5.32 Å². The average molecular weight is 328 g/mol. The highest BCUT2D eigenvalue weighted by atomic mass is 35.5. The van der Waals surface area contributed by atoms with Gasteiger partial charge in [0.2, 0.25) is 11.8 Å². The van der Waals surface area contributed by atoms with Gasteiger partial charge in [0, 0.05) is 39.0 Å². The maximum atomic E-state index is 12.1. The van der Waals surface area contributed by atoms with E-state index < -0.39 is 0 Å². The lowest BCUT2D eigenvalue weighted by Crippen LogP contribution is -2.52. The highest BCUT2D eigenvalue weighted by Gasteiger charge is 2.23. The highest BCUT2D eigenvalue weighted by Crippen LogP contribution is 2.06. The van der Waals surface area contributed by atoms with Crippen molar-refractivity contribution in [1.82, 2.24) is 9.80 Å². The highest BCUT2D eigenvalue weighted by molar-refractivity contribution is 5.85. The molecule has 0 bridgehead atoms. The predicted molar refractivity (Wildman–Crippen MR) is 87.2 cm³/mol. The van der Waals surface area contributed by atoms with Gasteiger partial charge in [-0.25, -0.2) is 0 Å². The number of rotatable bonds is 5. The van der Waals surface area contributed by atoms with Crippen LogP contribution in [0.1, 0.15) is 0 Å². The molecule has 0 unspecified atom stereocenters. The third kappa shape index (κ3) is 5.20. The number of carbonyl (C=O) groups excluding carboxylic acids is 2. The summed E-state index contributed by atoms with van der Waals surface area (Å²) in [7, 11) is 1.51. The minimum Gasteiger partial charge on any atom is -0.376 e. The van der Waals surface area contributed by atoms with Crippen LogP contribution in [0.25, 0.3) is 0 Å². The summed E-state index contributed by atoms with van der Waals surface area (Å²) in [5.41, 5.74) is 0.930. The van der Waals surface area contributed by atoms with Gasteiger partial charge in [-0.15, -0.1) is 12.4 Å². The molecule has 6 nitrogen and oxygen atoms in total. The lowest BCUT2D eigenvalue weighted by atomic mass is 10.3. The first-order chi connectivity index (χ1) is 10.2. The Labute approximate surface area is 136 Å². The Hall–Kier alpha value is -1.79. The second-order valence-electron chi connectivity index (χ2n) is 4.91. The molecular weight excluding hydrogens is 306 g/mol. The minimum atomic E-state index is -0.0213. The quantitative estimate of drug-likeness (QED) is 0.870. The van der Waals surface area contributed by atoms with Crippen LogP contribution in [-0.4, -0.2) is 68.1 Å². The van der Waals surface area contributed by atoms with Gasteiger partial charge in [-0.2, -0.15) is 0 Å². The zero-order valence-electron chi connectivity index (χ0n) is 12.7. The molecule has 1 aromatic carbocycles. The van der Waals surface area contributed by atoms with Crippen LogP contribution >= 0.6 is 12.4 Å².